The van der Waals surface area contributed by atoms with Crippen molar-refractivity contribution >= 4 is 38.6 Å². The first-order chi connectivity index (χ1) is 9.04. The third kappa shape index (κ3) is 2.28. The van der Waals surface area contributed by atoms with Crippen LogP contribution in [0.5, 0.6) is 0 Å². The number of halogens is 2. The third-order valence-electron chi connectivity index (χ3n) is 3.11. The third-order valence-corrected chi connectivity index (χ3v) is 4.03. The Kier molecular flexibility index (Phi) is 3.11. The predicted octanol–water partition coefficient (Wildman–Crippen LogP) is 5.26. The number of aromatic nitrogens is 2. The molecule has 1 N–H and O–H groups in total. The van der Waals surface area contributed by atoms with E-state index >= 15 is 0 Å². The van der Waals surface area contributed by atoms with Crippen molar-refractivity contribution in [3.63, 3.8) is 0 Å². The summed E-state index contributed by atoms with van der Waals surface area (Å²) in [5.41, 5.74) is 5.44. The summed E-state index contributed by atoms with van der Waals surface area (Å²) in [5.74, 6) is 0.832. The van der Waals surface area contributed by atoms with Gasteiger partial charge in [-0.1, -0.05) is 33.6 Å². The average Bonchev–Trinajstić information content (AvgIpc) is 2.76. The lowest BCUT2D eigenvalue weighted by Crippen LogP contribution is -1.82. The van der Waals surface area contributed by atoms with Crippen molar-refractivity contribution in [1.29, 1.82) is 0 Å². The molecule has 4 heteroatoms. The minimum atomic E-state index is 0.701. The van der Waals surface area contributed by atoms with E-state index in [9.17, 15) is 0 Å². The first-order valence-electron chi connectivity index (χ1n) is 5.97. The van der Waals surface area contributed by atoms with Crippen molar-refractivity contribution in [3.8, 4) is 11.4 Å². The van der Waals surface area contributed by atoms with E-state index < -0.39 is 0 Å². The van der Waals surface area contributed by atoms with Crippen molar-refractivity contribution in [2.75, 3.05) is 0 Å². The quantitative estimate of drug-likeness (QED) is 0.645. The van der Waals surface area contributed by atoms with Gasteiger partial charge in [0.2, 0.25) is 0 Å². The van der Waals surface area contributed by atoms with Gasteiger partial charge in [0.25, 0.3) is 0 Å². The number of nitrogens with one attached hydrogen (secondary N) is 1. The normalized spacial score (nSPS) is 11.2. The highest BCUT2D eigenvalue weighted by molar-refractivity contribution is 9.10. The Morgan fingerprint density at radius 2 is 1.95 bits per heavy atom. The van der Waals surface area contributed by atoms with Crippen LogP contribution in [0.2, 0.25) is 5.02 Å². The Labute approximate surface area is 124 Å². The highest BCUT2D eigenvalue weighted by Gasteiger charge is 2.11. The van der Waals surface area contributed by atoms with Crippen LogP contribution in [0.3, 0.4) is 0 Å². The van der Waals surface area contributed by atoms with Crippen molar-refractivity contribution < 1.29 is 0 Å². The Balaban J connectivity index is 2.26. The van der Waals surface area contributed by atoms with Crippen LogP contribution >= 0.6 is 27.5 Å². The fourth-order valence-electron chi connectivity index (χ4n) is 2.28. The van der Waals surface area contributed by atoms with Gasteiger partial charge in [-0.3, -0.25) is 0 Å². The van der Waals surface area contributed by atoms with Gasteiger partial charge in [-0.25, -0.2) is 4.98 Å². The van der Waals surface area contributed by atoms with Gasteiger partial charge < -0.3 is 4.98 Å². The van der Waals surface area contributed by atoms with Gasteiger partial charge in [0.15, 0.2) is 0 Å². The summed E-state index contributed by atoms with van der Waals surface area (Å²) in [4.78, 5) is 8.04. The SMILES string of the molecule is Cc1cc(C)c2nc(-c3cc(Cl)ccc3Br)[nH]c2c1. The van der Waals surface area contributed by atoms with Crippen LogP contribution in [0.4, 0.5) is 0 Å². The van der Waals surface area contributed by atoms with Crippen LogP contribution in [0, 0.1) is 13.8 Å². The zero-order valence-corrected chi connectivity index (χ0v) is 12.9. The lowest BCUT2D eigenvalue weighted by molar-refractivity contribution is 1.32. The maximum Gasteiger partial charge on any atom is 0.139 e. The molecule has 0 amide bonds. The summed E-state index contributed by atoms with van der Waals surface area (Å²) in [6.45, 7) is 4.16. The van der Waals surface area contributed by atoms with Crippen molar-refractivity contribution in [1.82, 2.24) is 9.97 Å². The second kappa shape index (κ2) is 4.66. The number of hydrogen-bond acceptors (Lipinski definition) is 1. The van der Waals surface area contributed by atoms with Gasteiger partial charge in [0, 0.05) is 15.1 Å². The molecule has 0 saturated carbocycles. The summed E-state index contributed by atoms with van der Waals surface area (Å²) in [5, 5.41) is 0.701. The Morgan fingerprint density at radius 3 is 2.74 bits per heavy atom. The molecule has 0 aliphatic carbocycles. The molecule has 0 aliphatic rings. The van der Waals surface area contributed by atoms with E-state index in [-0.39, 0.29) is 0 Å². The summed E-state index contributed by atoms with van der Waals surface area (Å²) in [7, 11) is 0. The molecule has 0 unspecified atom stereocenters. The van der Waals surface area contributed by atoms with E-state index in [1.54, 1.807) is 0 Å². The number of imidazole rings is 1. The van der Waals surface area contributed by atoms with Crippen LogP contribution in [-0.4, -0.2) is 9.97 Å². The number of rotatable bonds is 1. The first-order valence-corrected chi connectivity index (χ1v) is 7.14. The number of aromatic amines is 1. The molecule has 0 saturated heterocycles. The molecular weight excluding hydrogens is 324 g/mol. The number of nitrogens with zero attached hydrogens (tertiary/aromatic N) is 1. The Morgan fingerprint density at radius 1 is 1.16 bits per heavy atom. The maximum atomic E-state index is 6.06. The van der Waals surface area contributed by atoms with Crippen molar-refractivity contribution in [3.05, 3.63) is 51.0 Å². The van der Waals surface area contributed by atoms with Gasteiger partial charge in [-0.05, 0) is 49.2 Å². The monoisotopic (exact) mass is 334 g/mol. The van der Waals surface area contributed by atoms with E-state index in [1.165, 1.54) is 11.1 Å². The van der Waals surface area contributed by atoms with Gasteiger partial charge in [-0.15, -0.1) is 0 Å². The molecule has 0 atom stereocenters. The average molecular weight is 336 g/mol. The minimum Gasteiger partial charge on any atom is -0.338 e. The van der Waals surface area contributed by atoms with Crippen LogP contribution < -0.4 is 0 Å². The van der Waals surface area contributed by atoms with Gasteiger partial charge >= 0.3 is 0 Å². The number of hydrogen-bond donors (Lipinski definition) is 1. The second-order valence-electron chi connectivity index (χ2n) is 4.69. The van der Waals surface area contributed by atoms with Gasteiger partial charge in [-0.2, -0.15) is 0 Å². The number of benzene rings is 2. The summed E-state index contributed by atoms with van der Waals surface area (Å²) in [6, 6.07) is 9.94. The molecule has 96 valence electrons. The van der Waals surface area contributed by atoms with Crippen LogP contribution in [0.1, 0.15) is 11.1 Å². The van der Waals surface area contributed by atoms with Gasteiger partial charge in [0.1, 0.15) is 5.82 Å². The van der Waals surface area contributed by atoms with Crippen LogP contribution in [0.15, 0.2) is 34.8 Å². The molecule has 19 heavy (non-hydrogen) atoms. The van der Waals surface area contributed by atoms with E-state index in [2.05, 4.69) is 51.9 Å². The maximum absolute atomic E-state index is 6.06. The zero-order chi connectivity index (χ0) is 13.6. The van der Waals surface area contributed by atoms with E-state index in [0.29, 0.717) is 5.02 Å². The molecule has 0 bridgehead atoms. The first kappa shape index (κ1) is 12.7. The number of fused-ring (bicyclic) bond motifs is 1. The number of H-pyrrole nitrogens is 1. The minimum absolute atomic E-state index is 0.701. The van der Waals surface area contributed by atoms with Crippen molar-refractivity contribution in [2.45, 2.75) is 13.8 Å². The van der Waals surface area contributed by atoms with E-state index in [1.807, 2.05) is 18.2 Å². The molecule has 2 nitrogen and oxygen atoms in total. The fourth-order valence-corrected chi connectivity index (χ4v) is 2.88. The fraction of sp³-hybridized carbons (Fsp3) is 0.133. The molecule has 0 fully saturated rings. The lowest BCUT2D eigenvalue weighted by Gasteiger charge is -2.00. The standard InChI is InChI=1S/C15H12BrClN2/c1-8-5-9(2)14-13(6-8)18-15(19-14)11-7-10(17)3-4-12(11)16/h3-7H,1-2H3,(H,18,19). The largest absolute Gasteiger partial charge is 0.338 e. The summed E-state index contributed by atoms with van der Waals surface area (Å²) >= 11 is 9.60. The van der Waals surface area contributed by atoms with Gasteiger partial charge in [0.05, 0.1) is 11.0 Å². The zero-order valence-electron chi connectivity index (χ0n) is 10.6. The second-order valence-corrected chi connectivity index (χ2v) is 5.98. The highest BCUT2D eigenvalue weighted by atomic mass is 79.9. The van der Waals surface area contributed by atoms with E-state index in [4.69, 9.17) is 11.6 Å². The highest BCUT2D eigenvalue weighted by Crippen LogP contribution is 2.31. The van der Waals surface area contributed by atoms with Crippen molar-refractivity contribution in [2.24, 2.45) is 0 Å². The lowest BCUT2D eigenvalue weighted by atomic mass is 10.1. The Bertz CT molecular complexity index is 777. The van der Waals surface area contributed by atoms with Crippen LogP contribution in [0.25, 0.3) is 22.4 Å². The molecule has 2 aromatic carbocycles. The number of aryl methyl sites for hydroxylation is 2. The predicted molar refractivity (Wildman–Crippen MR) is 83.7 cm³/mol. The van der Waals surface area contributed by atoms with Crippen LogP contribution in [-0.2, 0) is 0 Å². The molecule has 1 heterocycles. The topological polar surface area (TPSA) is 28.7 Å². The van der Waals surface area contributed by atoms with E-state index in [0.717, 1.165) is 26.9 Å². The molecular formula is C15H12BrClN2. The summed E-state index contributed by atoms with van der Waals surface area (Å²) in [6.07, 6.45) is 0. The Hall–Kier alpha value is -1.32. The molecule has 3 rings (SSSR count). The molecule has 0 spiro atoms. The molecule has 3 aromatic rings. The smallest absolute Gasteiger partial charge is 0.139 e. The summed E-state index contributed by atoms with van der Waals surface area (Å²) < 4.78 is 0.977. The molecule has 0 aliphatic heterocycles. The molecule has 1 aromatic heterocycles. The molecule has 0 radical (unpaired) electrons.